The van der Waals surface area contributed by atoms with Gasteiger partial charge in [-0.1, -0.05) is 30.7 Å². The number of thiazole rings is 1. The minimum absolute atomic E-state index is 0.00574. The van der Waals surface area contributed by atoms with Gasteiger partial charge in [0, 0.05) is 13.1 Å². The molecule has 0 unspecified atom stereocenters. The van der Waals surface area contributed by atoms with Gasteiger partial charge in [0.2, 0.25) is 10.0 Å². The monoisotopic (exact) mass is 416 g/mol. The molecule has 8 heteroatoms. The van der Waals surface area contributed by atoms with Crippen LogP contribution in [0.15, 0.2) is 53.4 Å². The van der Waals surface area contributed by atoms with Crippen molar-refractivity contribution in [1.82, 2.24) is 9.29 Å². The Morgan fingerprint density at radius 1 is 1.04 bits per heavy atom. The highest BCUT2D eigenvalue weighted by Gasteiger charge is 2.30. The van der Waals surface area contributed by atoms with Gasteiger partial charge in [-0.15, -0.1) is 11.3 Å². The summed E-state index contributed by atoms with van der Waals surface area (Å²) in [4.78, 5) is 17.1. The van der Waals surface area contributed by atoms with E-state index in [1.165, 1.54) is 27.8 Å². The molecule has 1 fully saturated rings. The van der Waals surface area contributed by atoms with Gasteiger partial charge in [-0.05, 0) is 37.1 Å². The van der Waals surface area contributed by atoms with Crippen LogP contribution in [0.5, 0.6) is 0 Å². The molecule has 0 aliphatic carbocycles. The van der Waals surface area contributed by atoms with E-state index in [1.54, 1.807) is 12.1 Å². The first-order chi connectivity index (χ1) is 13.6. The molecule has 2 heterocycles. The Balaban J connectivity index is 1.54. The zero-order valence-electron chi connectivity index (χ0n) is 15.2. The Labute approximate surface area is 167 Å². The van der Waals surface area contributed by atoms with Crippen LogP contribution >= 0.6 is 11.3 Å². The largest absolute Gasteiger partial charge is 0.455 e. The number of nitrogens with zero attached hydrogens (tertiary/aromatic N) is 2. The minimum atomic E-state index is -3.72. The molecule has 1 aromatic heterocycles. The fourth-order valence-corrected chi connectivity index (χ4v) is 5.87. The van der Waals surface area contributed by atoms with Crippen LogP contribution in [0.4, 0.5) is 0 Å². The van der Waals surface area contributed by atoms with E-state index in [2.05, 4.69) is 4.98 Å². The summed E-state index contributed by atoms with van der Waals surface area (Å²) < 4.78 is 33.9. The molecule has 0 saturated carbocycles. The number of piperidine rings is 1. The lowest BCUT2D eigenvalue weighted by atomic mass is 10.2. The number of para-hydroxylation sites is 1. The van der Waals surface area contributed by atoms with Gasteiger partial charge < -0.3 is 4.74 Å². The smallest absolute Gasteiger partial charge is 0.339 e. The fourth-order valence-electron chi connectivity index (χ4n) is 3.29. The molecule has 1 saturated heterocycles. The highest BCUT2D eigenvalue weighted by molar-refractivity contribution is 7.89. The zero-order chi connectivity index (χ0) is 19.6. The molecule has 0 bridgehead atoms. The maximum Gasteiger partial charge on any atom is 0.339 e. The molecule has 146 valence electrons. The summed E-state index contributed by atoms with van der Waals surface area (Å²) in [6.45, 7) is 0.977. The van der Waals surface area contributed by atoms with Crippen LogP contribution in [0.25, 0.3) is 10.2 Å². The predicted molar refractivity (Wildman–Crippen MR) is 108 cm³/mol. The second-order valence-electron chi connectivity index (χ2n) is 6.61. The third kappa shape index (κ3) is 3.80. The number of sulfonamides is 1. The van der Waals surface area contributed by atoms with Gasteiger partial charge in [0.25, 0.3) is 0 Å². The van der Waals surface area contributed by atoms with Crippen molar-refractivity contribution in [3.63, 3.8) is 0 Å². The topological polar surface area (TPSA) is 76.6 Å². The van der Waals surface area contributed by atoms with Crippen molar-refractivity contribution in [2.75, 3.05) is 13.1 Å². The lowest BCUT2D eigenvalue weighted by Crippen LogP contribution is -2.36. The predicted octanol–water partition coefficient (Wildman–Crippen LogP) is 3.83. The molecule has 0 radical (unpaired) electrons. The molecule has 0 spiro atoms. The van der Waals surface area contributed by atoms with Crippen LogP contribution in [-0.4, -0.2) is 36.8 Å². The van der Waals surface area contributed by atoms with Crippen molar-refractivity contribution in [1.29, 1.82) is 0 Å². The van der Waals surface area contributed by atoms with Crippen molar-refractivity contribution < 1.29 is 17.9 Å². The quantitative estimate of drug-likeness (QED) is 0.591. The van der Waals surface area contributed by atoms with Crippen LogP contribution in [0.3, 0.4) is 0 Å². The number of fused-ring (bicyclic) bond motifs is 1. The first kappa shape index (κ1) is 19.0. The molecule has 6 nitrogen and oxygen atoms in total. The molecule has 4 rings (SSSR count). The highest BCUT2D eigenvalue weighted by atomic mass is 32.2. The molecular weight excluding hydrogens is 396 g/mol. The SMILES string of the molecule is O=C(OCc1nc2ccccc2s1)c1ccccc1S(=O)(=O)N1CCCCC1. The van der Waals surface area contributed by atoms with Gasteiger partial charge in [0.1, 0.15) is 11.6 Å². The Bertz CT molecular complexity index is 1070. The summed E-state index contributed by atoms with van der Waals surface area (Å²) >= 11 is 1.45. The van der Waals surface area contributed by atoms with E-state index in [9.17, 15) is 13.2 Å². The van der Waals surface area contributed by atoms with E-state index >= 15 is 0 Å². The van der Waals surface area contributed by atoms with Gasteiger partial charge in [-0.3, -0.25) is 0 Å². The van der Waals surface area contributed by atoms with E-state index in [0.717, 1.165) is 29.5 Å². The average Bonchev–Trinajstić information content (AvgIpc) is 3.15. The third-order valence-corrected chi connectivity index (χ3v) is 7.67. The molecule has 0 N–H and O–H groups in total. The summed E-state index contributed by atoms with van der Waals surface area (Å²) in [6, 6.07) is 13.9. The second kappa shape index (κ2) is 7.98. The molecule has 0 atom stereocenters. The number of hydrogen-bond acceptors (Lipinski definition) is 6. The van der Waals surface area contributed by atoms with Gasteiger partial charge in [-0.25, -0.2) is 18.2 Å². The number of benzene rings is 2. The van der Waals surface area contributed by atoms with Gasteiger partial charge in [0.05, 0.1) is 20.7 Å². The molecule has 1 aliphatic rings. The minimum Gasteiger partial charge on any atom is -0.455 e. The standard InChI is InChI=1S/C20H20N2O4S2/c23-20(26-14-19-21-16-9-3-4-10-17(16)27-19)15-8-2-5-11-18(15)28(24,25)22-12-6-1-7-13-22/h2-5,8-11H,1,6-7,12-14H2. The van der Waals surface area contributed by atoms with E-state index in [1.807, 2.05) is 24.3 Å². The number of aromatic nitrogens is 1. The first-order valence-corrected chi connectivity index (χ1v) is 11.4. The normalized spacial score (nSPS) is 15.6. The summed E-state index contributed by atoms with van der Waals surface area (Å²) in [5, 5.41) is 0.672. The first-order valence-electron chi connectivity index (χ1n) is 9.16. The van der Waals surface area contributed by atoms with Crippen LogP contribution in [0.2, 0.25) is 0 Å². The van der Waals surface area contributed by atoms with Crippen molar-refractivity contribution in [2.45, 2.75) is 30.8 Å². The van der Waals surface area contributed by atoms with Crippen molar-refractivity contribution >= 4 is 37.5 Å². The molecule has 3 aromatic rings. The summed E-state index contributed by atoms with van der Waals surface area (Å²) in [6.07, 6.45) is 2.70. The Hall–Kier alpha value is -2.29. The number of carbonyl (C=O) groups excluding carboxylic acids is 1. The highest BCUT2D eigenvalue weighted by Crippen LogP contribution is 2.25. The van der Waals surface area contributed by atoms with Crippen LogP contribution < -0.4 is 0 Å². The van der Waals surface area contributed by atoms with Gasteiger partial charge in [-0.2, -0.15) is 4.31 Å². The number of hydrogen-bond donors (Lipinski definition) is 0. The third-order valence-electron chi connectivity index (χ3n) is 4.70. The van der Waals surface area contributed by atoms with E-state index in [-0.39, 0.29) is 17.1 Å². The molecular formula is C20H20N2O4S2. The summed E-state index contributed by atoms with van der Waals surface area (Å²) in [5.41, 5.74) is 0.917. The Kier molecular flexibility index (Phi) is 5.43. The van der Waals surface area contributed by atoms with E-state index in [4.69, 9.17) is 4.74 Å². The van der Waals surface area contributed by atoms with Crippen molar-refractivity contribution in [3.05, 3.63) is 59.1 Å². The molecule has 28 heavy (non-hydrogen) atoms. The number of ether oxygens (including phenoxy) is 1. The number of carbonyl (C=O) groups is 1. The fraction of sp³-hybridized carbons (Fsp3) is 0.300. The van der Waals surface area contributed by atoms with Gasteiger partial charge in [0.15, 0.2) is 0 Å². The van der Waals surface area contributed by atoms with Crippen LogP contribution in [-0.2, 0) is 21.4 Å². The maximum absolute atomic E-state index is 13.0. The van der Waals surface area contributed by atoms with Crippen LogP contribution in [0, 0.1) is 0 Å². The lowest BCUT2D eigenvalue weighted by molar-refractivity contribution is 0.0468. The van der Waals surface area contributed by atoms with Crippen LogP contribution in [0.1, 0.15) is 34.6 Å². The lowest BCUT2D eigenvalue weighted by Gasteiger charge is -2.26. The van der Waals surface area contributed by atoms with Crippen molar-refractivity contribution in [3.8, 4) is 0 Å². The van der Waals surface area contributed by atoms with Gasteiger partial charge >= 0.3 is 5.97 Å². The Morgan fingerprint density at radius 3 is 2.54 bits per heavy atom. The Morgan fingerprint density at radius 2 is 1.75 bits per heavy atom. The van der Waals surface area contributed by atoms with E-state index in [0.29, 0.717) is 18.1 Å². The molecule has 2 aromatic carbocycles. The second-order valence-corrected chi connectivity index (χ2v) is 9.63. The van der Waals surface area contributed by atoms with Crippen molar-refractivity contribution in [2.24, 2.45) is 0 Å². The zero-order valence-corrected chi connectivity index (χ0v) is 16.8. The molecule has 0 amide bonds. The summed E-state index contributed by atoms with van der Waals surface area (Å²) in [7, 11) is -3.72. The summed E-state index contributed by atoms with van der Waals surface area (Å²) in [5.74, 6) is -0.657. The van der Waals surface area contributed by atoms with E-state index < -0.39 is 16.0 Å². The maximum atomic E-state index is 13.0. The number of esters is 1. The number of rotatable bonds is 5. The molecule has 1 aliphatic heterocycles. The average molecular weight is 417 g/mol.